The van der Waals surface area contributed by atoms with Crippen LogP contribution in [0.1, 0.15) is 94.9 Å². The number of aliphatic hydroxyl groups is 2. The summed E-state index contributed by atoms with van der Waals surface area (Å²) in [6, 6.07) is 0. The third-order valence-electron chi connectivity index (χ3n) is 8.68. The highest BCUT2D eigenvalue weighted by atomic mass is 16.3. The smallest absolute Gasteiger partial charge is 0.0753 e. The molecule has 2 aliphatic rings. The lowest BCUT2D eigenvalue weighted by Gasteiger charge is -2.35. The average Bonchev–Trinajstić information content (AvgIpc) is 2.91. The van der Waals surface area contributed by atoms with Gasteiger partial charge in [-0.05, 0) is 100 Å². The van der Waals surface area contributed by atoms with Gasteiger partial charge in [0.1, 0.15) is 0 Å². The Kier molecular flexibility index (Phi) is 13.5. The van der Waals surface area contributed by atoms with Crippen LogP contribution in [0.25, 0.3) is 0 Å². The van der Waals surface area contributed by atoms with E-state index in [0.29, 0.717) is 0 Å². The van der Waals surface area contributed by atoms with Crippen molar-refractivity contribution in [2.45, 2.75) is 107 Å². The summed E-state index contributed by atoms with van der Waals surface area (Å²) in [7, 11) is 0. The molecule has 2 atom stereocenters. The monoisotopic (exact) mass is 568 g/mol. The van der Waals surface area contributed by atoms with Gasteiger partial charge in [0.05, 0.1) is 12.2 Å². The molecule has 0 aromatic carbocycles. The van der Waals surface area contributed by atoms with Gasteiger partial charge in [-0.1, -0.05) is 135 Å². The summed E-state index contributed by atoms with van der Waals surface area (Å²) in [6.07, 6.45) is 32.8. The molecule has 0 spiro atoms. The van der Waals surface area contributed by atoms with Gasteiger partial charge in [-0.25, -0.2) is 0 Å². The van der Waals surface area contributed by atoms with Crippen LogP contribution in [0.4, 0.5) is 0 Å². The van der Waals surface area contributed by atoms with Crippen molar-refractivity contribution in [1.82, 2.24) is 0 Å². The van der Waals surface area contributed by atoms with Gasteiger partial charge in [0, 0.05) is 0 Å². The van der Waals surface area contributed by atoms with Crippen molar-refractivity contribution in [1.29, 1.82) is 0 Å². The van der Waals surface area contributed by atoms with Gasteiger partial charge in [0.2, 0.25) is 0 Å². The maximum atomic E-state index is 10.3. The molecule has 0 fully saturated rings. The molecule has 2 rings (SSSR count). The van der Waals surface area contributed by atoms with Crippen LogP contribution in [0.15, 0.2) is 130 Å². The lowest BCUT2D eigenvalue weighted by Crippen LogP contribution is -2.27. The second-order valence-corrected chi connectivity index (χ2v) is 13.5. The Morgan fingerprint density at radius 2 is 0.857 bits per heavy atom. The summed E-state index contributed by atoms with van der Waals surface area (Å²) in [4.78, 5) is 0. The molecule has 2 heteroatoms. The van der Waals surface area contributed by atoms with Crippen molar-refractivity contribution in [3.05, 3.63) is 130 Å². The molecular weight excluding hydrogens is 512 g/mol. The highest BCUT2D eigenvalue weighted by molar-refractivity contribution is 5.40. The molecule has 0 aliphatic heterocycles. The van der Waals surface area contributed by atoms with Crippen molar-refractivity contribution in [2.24, 2.45) is 10.8 Å². The molecule has 0 radical (unpaired) electrons. The standard InChI is InChI=1S/C40H56O2/c1-29(17-13-19-31(3)21-23-35-33(5)37(41)25-27-39(35,7)8)15-11-12-16-30(2)18-14-20-32(4)22-24-36-34(6)38(42)26-28-40(36,9)10/h11-24,37-38,41-42H,25-28H2,1-10H3/b12-11+,17-13+,18-14+,23-21+,24-22+,29-15+,30-16+,31-19-,32-20+. The zero-order valence-corrected chi connectivity index (χ0v) is 28.0. The van der Waals surface area contributed by atoms with Gasteiger partial charge in [-0.15, -0.1) is 0 Å². The Bertz CT molecular complexity index is 1190. The normalized spacial score (nSPS) is 25.0. The molecule has 228 valence electrons. The Hall–Kier alpha value is -2.94. The van der Waals surface area contributed by atoms with Crippen molar-refractivity contribution in [2.75, 3.05) is 0 Å². The van der Waals surface area contributed by atoms with Crippen LogP contribution < -0.4 is 0 Å². The Morgan fingerprint density at radius 1 is 0.548 bits per heavy atom. The second kappa shape index (κ2) is 16.1. The van der Waals surface area contributed by atoms with Crippen LogP contribution >= 0.6 is 0 Å². The minimum Gasteiger partial charge on any atom is -0.389 e. The van der Waals surface area contributed by atoms with E-state index in [1.807, 2.05) is 0 Å². The molecule has 0 heterocycles. The SMILES string of the molecule is CC1=C(/C=C/C(C)=C\C=C\C(C)=C\C=C\C=C(C)\C=C\C=C(C)\C=C\C2=C(C)C(O)CCC2(C)C)C(C)(C)CCC1O. The maximum absolute atomic E-state index is 10.3. The number of rotatable bonds is 10. The molecule has 2 N–H and O–H groups in total. The minimum absolute atomic E-state index is 0.104. The largest absolute Gasteiger partial charge is 0.389 e. The average molecular weight is 569 g/mol. The lowest BCUT2D eigenvalue weighted by atomic mass is 9.71. The second-order valence-electron chi connectivity index (χ2n) is 13.5. The molecule has 0 amide bonds. The summed E-state index contributed by atoms with van der Waals surface area (Å²) in [6.45, 7) is 21.6. The molecular formula is C40H56O2. The highest BCUT2D eigenvalue weighted by Crippen LogP contribution is 2.42. The van der Waals surface area contributed by atoms with Crippen LogP contribution in [0.5, 0.6) is 0 Å². The number of hydrogen-bond donors (Lipinski definition) is 2. The maximum Gasteiger partial charge on any atom is 0.0753 e. The highest BCUT2D eigenvalue weighted by Gasteiger charge is 2.31. The van der Waals surface area contributed by atoms with E-state index in [9.17, 15) is 10.2 Å². The molecule has 0 saturated heterocycles. The van der Waals surface area contributed by atoms with E-state index in [2.05, 4.69) is 154 Å². The van der Waals surface area contributed by atoms with Gasteiger partial charge < -0.3 is 10.2 Å². The summed E-state index contributed by atoms with van der Waals surface area (Å²) < 4.78 is 0. The predicted octanol–water partition coefficient (Wildman–Crippen LogP) is 10.5. The first kappa shape index (κ1) is 35.3. The van der Waals surface area contributed by atoms with E-state index in [4.69, 9.17) is 0 Å². The van der Waals surface area contributed by atoms with Crippen LogP contribution in [0.3, 0.4) is 0 Å². The fourth-order valence-electron chi connectivity index (χ4n) is 5.61. The van der Waals surface area contributed by atoms with Crippen molar-refractivity contribution >= 4 is 0 Å². The molecule has 0 bridgehead atoms. The molecule has 0 aromatic heterocycles. The first-order valence-electron chi connectivity index (χ1n) is 15.5. The van der Waals surface area contributed by atoms with Gasteiger partial charge >= 0.3 is 0 Å². The molecule has 0 saturated carbocycles. The van der Waals surface area contributed by atoms with Gasteiger partial charge in [0.25, 0.3) is 0 Å². The van der Waals surface area contributed by atoms with E-state index in [1.165, 1.54) is 33.4 Å². The fourth-order valence-corrected chi connectivity index (χ4v) is 5.61. The number of aliphatic hydroxyl groups excluding tert-OH is 2. The third-order valence-corrected chi connectivity index (χ3v) is 8.68. The Morgan fingerprint density at radius 3 is 1.21 bits per heavy atom. The first-order chi connectivity index (χ1) is 19.6. The van der Waals surface area contributed by atoms with Crippen LogP contribution in [0.2, 0.25) is 0 Å². The van der Waals surface area contributed by atoms with E-state index in [-0.39, 0.29) is 23.0 Å². The fraction of sp³-hybridized carbons (Fsp3) is 0.450. The van der Waals surface area contributed by atoms with Crippen molar-refractivity contribution in [3.63, 3.8) is 0 Å². The molecule has 2 unspecified atom stereocenters. The lowest BCUT2D eigenvalue weighted by molar-refractivity contribution is 0.163. The molecule has 0 aromatic rings. The first-order valence-corrected chi connectivity index (χ1v) is 15.5. The number of hydrogen-bond acceptors (Lipinski definition) is 2. The topological polar surface area (TPSA) is 40.5 Å². The van der Waals surface area contributed by atoms with Crippen molar-refractivity contribution < 1.29 is 10.2 Å². The van der Waals surface area contributed by atoms with E-state index in [1.54, 1.807) is 0 Å². The van der Waals surface area contributed by atoms with E-state index >= 15 is 0 Å². The Balaban J connectivity index is 1.92. The van der Waals surface area contributed by atoms with Gasteiger partial charge in [-0.3, -0.25) is 0 Å². The van der Waals surface area contributed by atoms with Gasteiger partial charge in [-0.2, -0.15) is 0 Å². The summed E-state index contributed by atoms with van der Waals surface area (Å²) in [5.74, 6) is 0. The summed E-state index contributed by atoms with van der Waals surface area (Å²) >= 11 is 0. The van der Waals surface area contributed by atoms with Crippen molar-refractivity contribution in [3.8, 4) is 0 Å². The predicted molar refractivity (Wildman–Crippen MR) is 184 cm³/mol. The summed E-state index contributed by atoms with van der Waals surface area (Å²) in [5.41, 5.74) is 9.65. The van der Waals surface area contributed by atoms with Crippen LogP contribution in [0, 0.1) is 10.8 Å². The third kappa shape index (κ3) is 11.0. The zero-order chi connectivity index (χ0) is 31.5. The molecule has 2 nitrogen and oxygen atoms in total. The van der Waals surface area contributed by atoms with Gasteiger partial charge in [0.15, 0.2) is 0 Å². The van der Waals surface area contributed by atoms with Crippen LogP contribution in [-0.2, 0) is 0 Å². The summed E-state index contributed by atoms with van der Waals surface area (Å²) in [5, 5.41) is 20.5. The Labute approximate surface area is 257 Å². The minimum atomic E-state index is -0.315. The number of allylic oxidation sites excluding steroid dienone is 20. The van der Waals surface area contributed by atoms with E-state index < -0.39 is 0 Å². The zero-order valence-electron chi connectivity index (χ0n) is 28.0. The van der Waals surface area contributed by atoms with E-state index in [0.717, 1.165) is 36.8 Å². The quantitative estimate of drug-likeness (QED) is 0.257. The van der Waals surface area contributed by atoms with Crippen LogP contribution in [-0.4, -0.2) is 22.4 Å². The molecule has 2 aliphatic carbocycles. The molecule has 42 heavy (non-hydrogen) atoms.